The van der Waals surface area contributed by atoms with Crippen molar-refractivity contribution in [2.45, 2.75) is 31.7 Å². The lowest BCUT2D eigenvalue weighted by molar-refractivity contribution is -0.117. The fourth-order valence-corrected chi connectivity index (χ4v) is 3.20. The van der Waals surface area contributed by atoms with Crippen LogP contribution in [-0.4, -0.2) is 11.9 Å². The Morgan fingerprint density at radius 3 is 2.67 bits per heavy atom. The molecule has 0 radical (unpaired) electrons. The Morgan fingerprint density at radius 1 is 1.08 bits per heavy atom. The molecule has 2 aromatic rings. The molecule has 1 atom stereocenters. The first kappa shape index (κ1) is 16.1. The number of carbonyl (C=O) groups is 2. The van der Waals surface area contributed by atoms with Crippen molar-refractivity contribution in [3.05, 3.63) is 65.2 Å². The highest BCUT2D eigenvalue weighted by Gasteiger charge is 2.21. The van der Waals surface area contributed by atoms with E-state index in [2.05, 4.69) is 22.8 Å². The first-order valence-electron chi connectivity index (χ1n) is 8.15. The monoisotopic (exact) mass is 323 g/mol. The van der Waals surface area contributed by atoms with Gasteiger partial charge in [0, 0.05) is 5.69 Å². The second-order valence-electron chi connectivity index (χ2n) is 6.04. The van der Waals surface area contributed by atoms with E-state index in [1.165, 1.54) is 11.1 Å². The van der Waals surface area contributed by atoms with Crippen molar-refractivity contribution < 1.29 is 9.59 Å². The Hall–Kier alpha value is -2.82. The standard InChI is InChI=1S/C19H21N3O2/c20-18(23)12-14-7-2-4-10-16(14)21-19(24)22-17-11-5-8-13-6-1-3-9-15(13)17/h1-4,6-7,9-10,17H,5,8,11-12H2,(H2,20,23)(H2,21,22,24). The minimum absolute atomic E-state index is 0.0123. The van der Waals surface area contributed by atoms with Crippen LogP contribution in [-0.2, 0) is 17.6 Å². The topological polar surface area (TPSA) is 84.2 Å². The summed E-state index contributed by atoms with van der Waals surface area (Å²) in [5.74, 6) is -0.425. The molecule has 124 valence electrons. The maximum atomic E-state index is 12.4. The summed E-state index contributed by atoms with van der Waals surface area (Å²) in [6.45, 7) is 0. The van der Waals surface area contributed by atoms with Gasteiger partial charge in [-0.2, -0.15) is 0 Å². The average Bonchev–Trinajstić information content (AvgIpc) is 2.56. The Morgan fingerprint density at radius 2 is 1.83 bits per heavy atom. The zero-order valence-corrected chi connectivity index (χ0v) is 13.4. The van der Waals surface area contributed by atoms with E-state index in [9.17, 15) is 9.59 Å². The lowest BCUT2D eigenvalue weighted by Gasteiger charge is -2.26. The van der Waals surface area contributed by atoms with Gasteiger partial charge in [0.05, 0.1) is 12.5 Å². The molecule has 0 spiro atoms. The number of nitrogens with one attached hydrogen (secondary N) is 2. The Balaban J connectivity index is 1.70. The van der Waals surface area contributed by atoms with Gasteiger partial charge in [0.2, 0.25) is 5.91 Å². The fourth-order valence-electron chi connectivity index (χ4n) is 3.20. The lowest BCUT2D eigenvalue weighted by atomic mass is 9.88. The van der Waals surface area contributed by atoms with Gasteiger partial charge in [-0.15, -0.1) is 0 Å². The largest absolute Gasteiger partial charge is 0.369 e. The molecular formula is C19H21N3O2. The predicted octanol–water partition coefficient (Wildman–Crippen LogP) is 2.91. The zero-order chi connectivity index (χ0) is 16.9. The van der Waals surface area contributed by atoms with Gasteiger partial charge in [0.1, 0.15) is 0 Å². The highest BCUT2D eigenvalue weighted by molar-refractivity contribution is 5.91. The number of primary amides is 1. The van der Waals surface area contributed by atoms with Gasteiger partial charge >= 0.3 is 6.03 Å². The minimum atomic E-state index is -0.425. The predicted molar refractivity (Wildman–Crippen MR) is 93.6 cm³/mol. The second-order valence-corrected chi connectivity index (χ2v) is 6.04. The van der Waals surface area contributed by atoms with E-state index in [1.54, 1.807) is 12.1 Å². The molecule has 0 heterocycles. The van der Waals surface area contributed by atoms with Crippen LogP contribution in [0.15, 0.2) is 48.5 Å². The highest BCUT2D eigenvalue weighted by Crippen LogP contribution is 2.29. The number of fused-ring (bicyclic) bond motifs is 1. The summed E-state index contributed by atoms with van der Waals surface area (Å²) < 4.78 is 0. The summed E-state index contributed by atoms with van der Waals surface area (Å²) in [4.78, 5) is 23.5. The van der Waals surface area contributed by atoms with Gasteiger partial charge in [-0.25, -0.2) is 4.79 Å². The van der Waals surface area contributed by atoms with Crippen molar-refractivity contribution in [2.75, 3.05) is 5.32 Å². The van der Waals surface area contributed by atoms with Crippen LogP contribution in [0.3, 0.4) is 0 Å². The number of hydrogen-bond acceptors (Lipinski definition) is 2. The maximum Gasteiger partial charge on any atom is 0.319 e. The van der Waals surface area contributed by atoms with Crippen molar-refractivity contribution in [3.63, 3.8) is 0 Å². The maximum absolute atomic E-state index is 12.4. The van der Waals surface area contributed by atoms with Crippen molar-refractivity contribution in [2.24, 2.45) is 5.73 Å². The number of urea groups is 1. The van der Waals surface area contributed by atoms with Gasteiger partial charge in [-0.1, -0.05) is 42.5 Å². The number of anilines is 1. The first-order valence-corrected chi connectivity index (χ1v) is 8.15. The van der Waals surface area contributed by atoms with Crippen molar-refractivity contribution in [1.82, 2.24) is 5.32 Å². The molecule has 0 bridgehead atoms. The first-order chi connectivity index (χ1) is 11.6. The number of benzene rings is 2. The number of carbonyl (C=O) groups excluding carboxylic acids is 2. The molecule has 24 heavy (non-hydrogen) atoms. The number of rotatable bonds is 4. The number of hydrogen-bond donors (Lipinski definition) is 3. The van der Waals surface area contributed by atoms with Crippen molar-refractivity contribution >= 4 is 17.6 Å². The number of nitrogens with two attached hydrogens (primary N) is 1. The van der Waals surface area contributed by atoms with Gasteiger partial charge in [-0.05, 0) is 42.0 Å². The molecular weight excluding hydrogens is 302 g/mol. The second kappa shape index (κ2) is 7.17. The van der Waals surface area contributed by atoms with E-state index in [-0.39, 0.29) is 18.5 Å². The average molecular weight is 323 g/mol. The molecule has 1 aliphatic carbocycles. The van der Waals surface area contributed by atoms with E-state index < -0.39 is 5.91 Å². The Bertz CT molecular complexity index is 758. The van der Waals surface area contributed by atoms with Crippen LogP contribution in [0.1, 0.15) is 35.6 Å². The molecule has 5 heteroatoms. The van der Waals surface area contributed by atoms with E-state index in [1.807, 2.05) is 24.3 Å². The molecule has 1 aliphatic rings. The molecule has 1 unspecified atom stereocenters. The molecule has 0 fully saturated rings. The normalized spacial score (nSPS) is 16.1. The number of amides is 3. The van der Waals surface area contributed by atoms with Crippen LogP contribution in [0.5, 0.6) is 0 Å². The van der Waals surface area contributed by atoms with Gasteiger partial charge in [0.15, 0.2) is 0 Å². The molecule has 3 amide bonds. The fraction of sp³-hybridized carbons (Fsp3) is 0.263. The van der Waals surface area contributed by atoms with E-state index in [0.29, 0.717) is 11.3 Å². The zero-order valence-electron chi connectivity index (χ0n) is 13.4. The summed E-state index contributed by atoms with van der Waals surface area (Å²) in [6.07, 6.45) is 3.13. The molecule has 2 aromatic carbocycles. The minimum Gasteiger partial charge on any atom is -0.369 e. The molecule has 0 saturated carbocycles. The third-order valence-electron chi connectivity index (χ3n) is 4.30. The Labute approximate surface area is 141 Å². The number of para-hydroxylation sites is 1. The molecule has 3 rings (SSSR count). The smallest absolute Gasteiger partial charge is 0.319 e. The van der Waals surface area contributed by atoms with Crippen LogP contribution >= 0.6 is 0 Å². The van der Waals surface area contributed by atoms with E-state index >= 15 is 0 Å². The van der Waals surface area contributed by atoms with Crippen molar-refractivity contribution in [3.8, 4) is 0 Å². The molecule has 0 aliphatic heterocycles. The molecule has 0 aromatic heterocycles. The SMILES string of the molecule is NC(=O)Cc1ccccc1NC(=O)NC1CCCc2ccccc21. The van der Waals surface area contributed by atoms with Crippen LogP contribution in [0, 0.1) is 0 Å². The van der Waals surface area contributed by atoms with Crippen LogP contribution in [0.2, 0.25) is 0 Å². The third kappa shape index (κ3) is 3.74. The van der Waals surface area contributed by atoms with Crippen LogP contribution < -0.4 is 16.4 Å². The summed E-state index contributed by atoms with van der Waals surface area (Å²) in [5.41, 5.74) is 9.06. The van der Waals surface area contributed by atoms with Gasteiger partial charge < -0.3 is 16.4 Å². The quantitative estimate of drug-likeness (QED) is 0.808. The summed E-state index contributed by atoms with van der Waals surface area (Å²) >= 11 is 0. The summed E-state index contributed by atoms with van der Waals surface area (Å²) in [6, 6.07) is 15.1. The van der Waals surface area contributed by atoms with E-state index in [4.69, 9.17) is 5.73 Å². The summed E-state index contributed by atoms with van der Waals surface area (Å²) in [5, 5.41) is 5.87. The van der Waals surface area contributed by atoms with Crippen LogP contribution in [0.25, 0.3) is 0 Å². The van der Waals surface area contributed by atoms with E-state index in [0.717, 1.165) is 19.3 Å². The molecule has 5 nitrogen and oxygen atoms in total. The summed E-state index contributed by atoms with van der Waals surface area (Å²) in [7, 11) is 0. The highest BCUT2D eigenvalue weighted by atomic mass is 16.2. The van der Waals surface area contributed by atoms with Crippen LogP contribution in [0.4, 0.5) is 10.5 Å². The van der Waals surface area contributed by atoms with Crippen molar-refractivity contribution in [1.29, 1.82) is 0 Å². The van der Waals surface area contributed by atoms with Gasteiger partial charge in [0.25, 0.3) is 0 Å². The number of aryl methyl sites for hydroxylation is 1. The third-order valence-corrected chi connectivity index (χ3v) is 4.30. The lowest BCUT2D eigenvalue weighted by Crippen LogP contribution is -2.34. The van der Waals surface area contributed by atoms with Gasteiger partial charge in [-0.3, -0.25) is 4.79 Å². The Kier molecular flexibility index (Phi) is 4.79. The molecule has 0 saturated heterocycles. The molecule has 4 N–H and O–H groups in total.